The number of hydrogen-bond donors (Lipinski definition) is 17. The van der Waals surface area contributed by atoms with Crippen molar-refractivity contribution in [1.29, 1.82) is 0 Å². The molecule has 622 valence electrons. The molecule has 0 saturated carbocycles. The Morgan fingerprint density at radius 2 is 1.34 bits per heavy atom. The van der Waals surface area contributed by atoms with Crippen LogP contribution in [0.3, 0.4) is 0 Å². The van der Waals surface area contributed by atoms with Crippen LogP contribution in [0.25, 0.3) is 33.7 Å². The highest BCUT2D eigenvalue weighted by atomic mass is 35.5. The number of thioether (sulfide) groups is 1. The number of benzene rings is 7. The molecular weight excluding hydrogens is 1600 g/mol. The highest BCUT2D eigenvalue weighted by Crippen LogP contribution is 2.51. The van der Waals surface area contributed by atoms with Crippen LogP contribution >= 0.6 is 35.0 Å². The quantitative estimate of drug-likeness (QED) is 0.0428. The van der Waals surface area contributed by atoms with E-state index < -0.39 is 203 Å². The monoisotopic (exact) mass is 1680 g/mol. The second kappa shape index (κ2) is 35.3. The van der Waals surface area contributed by atoms with Crippen molar-refractivity contribution in [3.63, 3.8) is 0 Å². The van der Waals surface area contributed by atoms with Gasteiger partial charge in [-0.1, -0.05) is 128 Å². The molecule has 19 N–H and O–H groups in total. The molecule has 7 aliphatic heterocycles. The summed E-state index contributed by atoms with van der Waals surface area (Å²) >= 11 is 15.5. The summed E-state index contributed by atoms with van der Waals surface area (Å²) in [6, 6.07) is 19.9. The van der Waals surface area contributed by atoms with Crippen LogP contribution in [0.4, 0.5) is 0 Å². The van der Waals surface area contributed by atoms with Crippen LogP contribution in [-0.2, 0) is 47.8 Å². The smallest absolute Gasteiger partial charge is 0.330 e. The highest BCUT2D eigenvalue weighted by molar-refractivity contribution is 7.99. The third-order valence-electron chi connectivity index (χ3n) is 20.8. The number of amides is 6. The fourth-order valence-electron chi connectivity index (χ4n) is 14.7. The number of hydrogen-bond acceptors (Lipinski definition) is 27. The zero-order valence-corrected chi connectivity index (χ0v) is 66.3. The van der Waals surface area contributed by atoms with Gasteiger partial charge in [0.1, 0.15) is 77.0 Å². The zero-order valence-electron chi connectivity index (χ0n) is 64.0. The summed E-state index contributed by atoms with van der Waals surface area (Å²) in [5, 5.41) is 122. The average Bonchev–Trinajstić information content (AvgIpc) is 0.940. The predicted molar refractivity (Wildman–Crippen MR) is 425 cm³/mol. The Morgan fingerprint density at radius 3 is 1.95 bits per heavy atom. The third kappa shape index (κ3) is 18.2. The number of aliphatic imine (C=N–C) groups is 1. The topological polar surface area (TPSA) is 520 Å². The van der Waals surface area contributed by atoms with Gasteiger partial charge < -0.3 is 122 Å². The number of carbonyl (C=O) groups is 7. The number of likely N-dealkylation sites (N-methyl/N-ethyl adjacent to an activating group) is 1. The molecular formula is C82H86Cl2N10O23S. The number of phenols is 3. The number of carboxylic acid groups (broad SMARTS) is 1. The lowest BCUT2D eigenvalue weighted by molar-refractivity contribution is -0.329. The summed E-state index contributed by atoms with van der Waals surface area (Å²) in [7, 11) is 1.50. The van der Waals surface area contributed by atoms with Gasteiger partial charge >= 0.3 is 5.97 Å². The molecule has 7 aliphatic rings. The van der Waals surface area contributed by atoms with Crippen molar-refractivity contribution in [2.24, 2.45) is 22.4 Å². The van der Waals surface area contributed by atoms with E-state index in [1.165, 1.54) is 63.4 Å². The second-order valence-corrected chi connectivity index (χ2v) is 31.7. The van der Waals surface area contributed by atoms with Gasteiger partial charge in [-0.3, -0.25) is 33.8 Å². The fraction of sp³-hybridized carbons (Fsp3) is 0.354. The maximum atomic E-state index is 16.4. The van der Waals surface area contributed by atoms with E-state index in [1.54, 1.807) is 6.92 Å². The van der Waals surface area contributed by atoms with Crippen molar-refractivity contribution in [2.75, 3.05) is 12.8 Å². The summed E-state index contributed by atoms with van der Waals surface area (Å²) in [6.45, 7) is 8.06. The average molecular weight is 1680 g/mol. The van der Waals surface area contributed by atoms with E-state index in [4.69, 9.17) is 72.5 Å². The lowest BCUT2D eigenvalue weighted by atomic mass is 9.86. The van der Waals surface area contributed by atoms with E-state index >= 15 is 19.2 Å². The second-order valence-electron chi connectivity index (χ2n) is 30.0. The predicted octanol–water partition coefficient (Wildman–Crippen LogP) is 6.57. The Hall–Kier alpha value is -11.0. The molecule has 15 rings (SSSR count). The number of nitrogens with one attached hydrogen (secondary N) is 6. The van der Waals surface area contributed by atoms with Crippen molar-refractivity contribution in [2.45, 2.75) is 168 Å². The standard InChI is InChI=1S/C82H86Cl2N10O23S/c1-34(2)23-48(87-6)74(104)93-65-67(100)41-19-22-53(47(84)26-41)113-55-28-42-27-54(71(55)116-80-72(115-58-32-82(5,86)73(103)36(4)111-58)69(102)68(101)56(114-80)33-118-81-94-61(37-13-9-7-10-14-37)70(117-81)38-15-11-8-12-16-38)112-52-21-18-40(25-46(52)83)66(99)64-78(108)92-63(79(109)110)45-29-43(95)30-51(97)59(45)44-24-39(17-20-50(44)96)60(35(3)88-64)90-76(106)62(42)91-75(105)49(31-57(85)98)89-77(65)107/h7-22,24-30,34,36,48-49,56,58,60,62-69,72-73,80,87,95-97,99-103H,23,31-33,86H2,1-6H3,(H2,85,98)(H,89,107)(H,90,106)(H,91,105)(H,92,108)(H,93,104)(H,109,110)/t36?,48-,49-,56?,58?,60-,62+,63+,64-,65+,66+,67+,68?,69?,72?,73?,80?,82?/m0/s1. The molecule has 7 aromatic carbocycles. The number of nitrogens with two attached hydrogens (primary N) is 2. The molecule has 11 bridgehead atoms. The minimum Gasteiger partial charge on any atom is -0.508 e. The molecule has 0 aliphatic carbocycles. The Morgan fingerprint density at radius 1 is 0.712 bits per heavy atom. The van der Waals surface area contributed by atoms with Crippen molar-refractivity contribution in [3.05, 3.63) is 177 Å². The van der Waals surface area contributed by atoms with Crippen LogP contribution in [0.1, 0.15) is 112 Å². The molecule has 0 radical (unpaired) electrons. The number of aromatic hydroxyl groups is 3. The number of ether oxygens (including phenoxy) is 6. The van der Waals surface area contributed by atoms with Crippen molar-refractivity contribution < 1.29 is 112 Å². The van der Waals surface area contributed by atoms with Crippen molar-refractivity contribution in [3.8, 4) is 79.7 Å². The first-order valence-corrected chi connectivity index (χ1v) is 39.2. The molecule has 2 fully saturated rings. The molecule has 9 unspecified atom stereocenters. The molecule has 118 heavy (non-hydrogen) atoms. The first-order chi connectivity index (χ1) is 56.1. The van der Waals surface area contributed by atoms with E-state index in [9.17, 15) is 60.3 Å². The number of fused-ring (bicyclic) bond motifs is 15. The maximum Gasteiger partial charge on any atom is 0.330 e. The van der Waals surface area contributed by atoms with Crippen LogP contribution in [0.15, 0.2) is 154 Å². The fourth-order valence-corrected chi connectivity index (χ4v) is 16.1. The van der Waals surface area contributed by atoms with E-state index in [2.05, 4.69) is 36.9 Å². The summed E-state index contributed by atoms with van der Waals surface area (Å²) < 4.78 is 46.8. The first-order valence-electron chi connectivity index (χ1n) is 37.5. The summed E-state index contributed by atoms with van der Waals surface area (Å²) in [5.74, 6) is -13.4. The number of aliphatic hydroxyl groups excluding tert-OH is 5. The van der Waals surface area contributed by atoms with Gasteiger partial charge in [0.2, 0.25) is 47.5 Å². The van der Waals surface area contributed by atoms with Crippen molar-refractivity contribution in [1.82, 2.24) is 36.9 Å². The van der Waals surface area contributed by atoms with E-state index in [-0.39, 0.29) is 84.8 Å². The Kier molecular flexibility index (Phi) is 25.4. The Balaban J connectivity index is 1.03. The van der Waals surface area contributed by atoms with Gasteiger partial charge in [-0.05, 0) is 117 Å². The number of rotatable bonds is 17. The summed E-state index contributed by atoms with van der Waals surface area (Å²) in [6.07, 6.45) is -18.0. The van der Waals surface area contributed by atoms with Crippen LogP contribution in [0.5, 0.6) is 46.0 Å². The Labute approximate surface area is 688 Å². The molecule has 6 amide bonds. The van der Waals surface area contributed by atoms with Crippen LogP contribution in [0, 0.1) is 5.92 Å². The number of nitrogens with zero attached hydrogens (tertiary/aromatic N) is 2. The Bertz CT molecular complexity index is 5140. The van der Waals surface area contributed by atoms with Gasteiger partial charge in [0.05, 0.1) is 46.9 Å². The number of carboxylic acids is 1. The summed E-state index contributed by atoms with van der Waals surface area (Å²) in [5.41, 5.74) is 10.7. The molecule has 2 saturated heterocycles. The van der Waals surface area contributed by atoms with Gasteiger partial charge in [0, 0.05) is 57.3 Å². The molecule has 0 spiro atoms. The van der Waals surface area contributed by atoms with E-state index in [1.807, 2.05) is 74.5 Å². The first kappa shape index (κ1) is 84.9. The number of oxazole rings is 1. The van der Waals surface area contributed by atoms with Gasteiger partial charge in [-0.25, -0.2) is 9.78 Å². The number of primary amides is 1. The van der Waals surface area contributed by atoms with Gasteiger partial charge in [-0.2, -0.15) is 0 Å². The molecule has 8 aromatic rings. The normalized spacial score (nSPS) is 26.9. The van der Waals surface area contributed by atoms with Crippen LogP contribution < -0.4 is 57.6 Å². The number of phenolic OH excluding ortho intramolecular Hbond substituents is 3. The minimum atomic E-state index is -2.24. The number of aromatic nitrogens is 1. The number of carbonyl (C=O) groups excluding carboxylic acids is 6. The number of aliphatic hydroxyl groups is 5. The van der Waals surface area contributed by atoms with Crippen LogP contribution in [-0.4, -0.2) is 190 Å². The summed E-state index contributed by atoms with van der Waals surface area (Å²) in [4.78, 5) is 113. The molecule has 1 aromatic heterocycles. The maximum absolute atomic E-state index is 16.4. The minimum absolute atomic E-state index is 0.0767. The SMILES string of the molecule is CN[C@@H](CC(C)C)C(=O)N[C@H]1C(=O)N[C@@H](CC(N)=O)C(=O)N[C@H]2C(=O)N[C@H]3C(C)=N[C@H](C(=O)N[C@@H](C(=O)O)c4cc(O)cc(O)c4-c4cc3ccc4O)[C@H](O)c3ccc(c(Cl)c3)Oc3cc2cc(c3OC2OC(CSc3nc(-c4ccccc4)c(-c4ccccc4)o3)C(O)C(O)C2OC2CC(C)(N)C(O)C(C)O2)Oc2ccc(cc2Cl)[C@H]1O. The molecule has 36 heteroatoms. The van der Waals surface area contributed by atoms with E-state index in [0.717, 1.165) is 48.2 Å². The zero-order chi connectivity index (χ0) is 84.6. The highest BCUT2D eigenvalue weighted by Gasteiger charge is 2.52. The van der Waals surface area contributed by atoms with Gasteiger partial charge in [-0.15, -0.1) is 0 Å². The van der Waals surface area contributed by atoms with E-state index in [0.29, 0.717) is 22.6 Å². The van der Waals surface area contributed by atoms with Crippen LogP contribution in [0.2, 0.25) is 10.0 Å². The lowest BCUT2D eigenvalue weighted by Crippen LogP contribution is -2.64. The van der Waals surface area contributed by atoms with Gasteiger partial charge in [0.25, 0.3) is 5.22 Å². The molecule has 18 atom stereocenters. The third-order valence-corrected chi connectivity index (χ3v) is 22.3. The number of aliphatic carboxylic acids is 1. The van der Waals surface area contributed by atoms with Gasteiger partial charge in [0.15, 0.2) is 41.7 Å². The molecule has 8 heterocycles. The van der Waals surface area contributed by atoms with Crippen molar-refractivity contribution >= 4 is 82.1 Å². The molecule has 33 nitrogen and oxygen atoms in total. The number of halogens is 2. The lowest BCUT2D eigenvalue weighted by Gasteiger charge is -2.47. The largest absolute Gasteiger partial charge is 0.508 e.